The van der Waals surface area contributed by atoms with Gasteiger partial charge in [0.05, 0.1) is 18.5 Å². The first-order chi connectivity index (χ1) is 10.1. The molecule has 0 aliphatic rings. The summed E-state index contributed by atoms with van der Waals surface area (Å²) in [6, 6.07) is 11.2. The van der Waals surface area contributed by atoms with Crippen LogP contribution in [0, 0.1) is 0 Å². The van der Waals surface area contributed by atoms with E-state index >= 15 is 0 Å². The van der Waals surface area contributed by atoms with E-state index in [1.165, 1.54) is 12.3 Å². The van der Waals surface area contributed by atoms with E-state index in [-0.39, 0.29) is 24.2 Å². The van der Waals surface area contributed by atoms with Gasteiger partial charge < -0.3 is 15.2 Å². The molecule has 0 amide bonds. The predicted molar refractivity (Wildman–Crippen MR) is 80.1 cm³/mol. The Bertz CT molecular complexity index is 614. The second-order valence-electron chi connectivity index (χ2n) is 4.51. The van der Waals surface area contributed by atoms with Crippen LogP contribution in [0.25, 0.3) is 0 Å². The first-order valence-electron chi connectivity index (χ1n) is 6.76. The fourth-order valence-corrected chi connectivity index (χ4v) is 1.88. The van der Waals surface area contributed by atoms with Gasteiger partial charge in [-0.15, -0.1) is 0 Å². The Morgan fingerprint density at radius 3 is 2.71 bits per heavy atom. The van der Waals surface area contributed by atoms with Gasteiger partial charge in [0.15, 0.2) is 0 Å². The lowest BCUT2D eigenvalue weighted by Crippen LogP contribution is -2.12. The van der Waals surface area contributed by atoms with Crippen molar-refractivity contribution in [3.63, 3.8) is 0 Å². The van der Waals surface area contributed by atoms with Crippen molar-refractivity contribution < 1.29 is 14.3 Å². The molecule has 1 heterocycles. The molecule has 1 aromatic carbocycles. The van der Waals surface area contributed by atoms with Crippen molar-refractivity contribution in [1.82, 2.24) is 4.98 Å². The number of pyridine rings is 1. The zero-order chi connectivity index (χ0) is 15.2. The van der Waals surface area contributed by atoms with Gasteiger partial charge in [-0.05, 0) is 25.5 Å². The minimum atomic E-state index is -0.493. The van der Waals surface area contributed by atoms with Gasteiger partial charge in [0, 0.05) is 0 Å². The fourth-order valence-electron chi connectivity index (χ4n) is 1.88. The number of aromatic nitrogens is 1. The first-order valence-corrected chi connectivity index (χ1v) is 6.76. The van der Waals surface area contributed by atoms with E-state index in [1.807, 2.05) is 37.3 Å². The molecule has 1 aromatic heterocycles. The number of benzene rings is 1. The summed E-state index contributed by atoms with van der Waals surface area (Å²) in [5.74, 6) is -0.272. The Labute approximate surface area is 123 Å². The van der Waals surface area contributed by atoms with E-state index in [4.69, 9.17) is 15.2 Å². The molecule has 1 unspecified atom stereocenters. The lowest BCUT2D eigenvalue weighted by Gasteiger charge is -2.16. The maximum atomic E-state index is 11.9. The zero-order valence-electron chi connectivity index (χ0n) is 12.1. The van der Waals surface area contributed by atoms with Crippen LogP contribution in [-0.2, 0) is 4.74 Å². The second kappa shape index (κ2) is 6.74. The van der Waals surface area contributed by atoms with Gasteiger partial charge in [0.25, 0.3) is 0 Å². The Hall–Kier alpha value is -2.56. The highest BCUT2D eigenvalue weighted by molar-refractivity contribution is 5.92. The molecule has 2 rings (SSSR count). The van der Waals surface area contributed by atoms with Gasteiger partial charge in [0.1, 0.15) is 11.7 Å². The van der Waals surface area contributed by atoms with Crippen molar-refractivity contribution in [2.24, 2.45) is 0 Å². The van der Waals surface area contributed by atoms with E-state index < -0.39 is 5.97 Å². The summed E-state index contributed by atoms with van der Waals surface area (Å²) in [6.45, 7) is 3.91. The third-order valence-electron chi connectivity index (χ3n) is 2.93. The van der Waals surface area contributed by atoms with E-state index in [2.05, 4.69) is 4.98 Å². The quantitative estimate of drug-likeness (QED) is 0.855. The minimum absolute atomic E-state index is 0.221. The molecule has 110 valence electrons. The van der Waals surface area contributed by atoms with Crippen molar-refractivity contribution in [3.8, 4) is 5.88 Å². The van der Waals surface area contributed by atoms with Crippen molar-refractivity contribution in [2.45, 2.75) is 20.0 Å². The zero-order valence-corrected chi connectivity index (χ0v) is 12.1. The van der Waals surface area contributed by atoms with E-state index in [1.54, 1.807) is 6.92 Å². The summed E-state index contributed by atoms with van der Waals surface area (Å²) in [5.41, 5.74) is 7.29. The highest BCUT2D eigenvalue weighted by atomic mass is 16.5. The normalized spacial score (nSPS) is 11.7. The average molecular weight is 286 g/mol. The molecule has 2 aromatic rings. The summed E-state index contributed by atoms with van der Waals surface area (Å²) >= 11 is 0. The number of nitrogen functional groups attached to an aromatic ring is 1. The largest absolute Gasteiger partial charge is 0.469 e. The molecule has 5 nitrogen and oxygen atoms in total. The molecule has 0 saturated heterocycles. The standard InChI is InChI=1S/C16H18N2O3/c1-3-20-16(19)14-9-13(17)10-18-15(14)21-11(2)12-7-5-4-6-8-12/h4-11H,3,17H2,1-2H3. The van der Waals surface area contributed by atoms with Crippen molar-refractivity contribution >= 4 is 11.7 Å². The summed E-state index contributed by atoms with van der Waals surface area (Å²) in [4.78, 5) is 16.0. The average Bonchev–Trinajstić information content (AvgIpc) is 2.50. The second-order valence-corrected chi connectivity index (χ2v) is 4.51. The number of carbonyl (C=O) groups is 1. The maximum Gasteiger partial charge on any atom is 0.343 e. The molecule has 0 aliphatic carbocycles. The number of hydrogen-bond acceptors (Lipinski definition) is 5. The SMILES string of the molecule is CCOC(=O)c1cc(N)cnc1OC(C)c1ccccc1. The van der Waals surface area contributed by atoms with Crippen LogP contribution in [-0.4, -0.2) is 17.6 Å². The van der Waals surface area contributed by atoms with Gasteiger partial charge >= 0.3 is 5.97 Å². The number of nitrogens with two attached hydrogens (primary N) is 1. The summed E-state index contributed by atoms with van der Waals surface area (Å²) in [7, 11) is 0. The number of hydrogen-bond donors (Lipinski definition) is 1. The van der Waals surface area contributed by atoms with Gasteiger partial charge in [-0.1, -0.05) is 30.3 Å². The lowest BCUT2D eigenvalue weighted by atomic mass is 10.1. The number of carbonyl (C=O) groups excluding carboxylic acids is 1. The number of rotatable bonds is 5. The third-order valence-corrected chi connectivity index (χ3v) is 2.93. The molecule has 0 aliphatic heterocycles. The Morgan fingerprint density at radius 2 is 2.05 bits per heavy atom. The molecular weight excluding hydrogens is 268 g/mol. The van der Waals surface area contributed by atoms with Crippen LogP contribution in [0.4, 0.5) is 5.69 Å². The summed E-state index contributed by atoms with van der Waals surface area (Å²) < 4.78 is 10.8. The van der Waals surface area contributed by atoms with Gasteiger partial charge in [0.2, 0.25) is 5.88 Å². The monoisotopic (exact) mass is 286 g/mol. The molecule has 2 N–H and O–H groups in total. The molecule has 1 atom stereocenters. The maximum absolute atomic E-state index is 11.9. The smallest absolute Gasteiger partial charge is 0.343 e. The molecule has 0 spiro atoms. The highest BCUT2D eigenvalue weighted by Gasteiger charge is 2.18. The van der Waals surface area contributed by atoms with Gasteiger partial charge in [-0.25, -0.2) is 9.78 Å². The van der Waals surface area contributed by atoms with Crippen LogP contribution < -0.4 is 10.5 Å². The number of nitrogens with zero attached hydrogens (tertiary/aromatic N) is 1. The fraction of sp³-hybridized carbons (Fsp3) is 0.250. The number of esters is 1. The molecule has 0 radical (unpaired) electrons. The molecule has 21 heavy (non-hydrogen) atoms. The van der Waals surface area contributed by atoms with E-state index in [0.717, 1.165) is 5.56 Å². The predicted octanol–water partition coefficient (Wildman–Crippen LogP) is 2.98. The summed E-state index contributed by atoms with van der Waals surface area (Å²) in [6.07, 6.45) is 1.21. The summed E-state index contributed by atoms with van der Waals surface area (Å²) in [5, 5.41) is 0. The molecule has 5 heteroatoms. The van der Waals surface area contributed by atoms with Crippen LogP contribution in [0.3, 0.4) is 0 Å². The third kappa shape index (κ3) is 3.72. The van der Waals surface area contributed by atoms with Crippen molar-refractivity contribution in [1.29, 1.82) is 0 Å². The minimum Gasteiger partial charge on any atom is -0.469 e. The van der Waals surface area contributed by atoms with E-state index in [9.17, 15) is 4.79 Å². The van der Waals surface area contributed by atoms with Gasteiger partial charge in [-0.3, -0.25) is 0 Å². The van der Waals surface area contributed by atoms with Crippen LogP contribution in [0.2, 0.25) is 0 Å². The van der Waals surface area contributed by atoms with Crippen LogP contribution in [0.1, 0.15) is 35.9 Å². The van der Waals surface area contributed by atoms with Crippen molar-refractivity contribution in [2.75, 3.05) is 12.3 Å². The molecule has 0 saturated carbocycles. The lowest BCUT2D eigenvalue weighted by molar-refractivity contribution is 0.0518. The molecular formula is C16H18N2O3. The number of ether oxygens (including phenoxy) is 2. The Morgan fingerprint density at radius 1 is 1.33 bits per heavy atom. The number of anilines is 1. The van der Waals surface area contributed by atoms with Crippen molar-refractivity contribution in [3.05, 3.63) is 53.7 Å². The van der Waals surface area contributed by atoms with E-state index in [0.29, 0.717) is 5.69 Å². The van der Waals surface area contributed by atoms with Crippen LogP contribution in [0.15, 0.2) is 42.6 Å². The van der Waals surface area contributed by atoms with Crippen LogP contribution >= 0.6 is 0 Å². The van der Waals surface area contributed by atoms with Gasteiger partial charge in [-0.2, -0.15) is 0 Å². The highest BCUT2D eigenvalue weighted by Crippen LogP contribution is 2.25. The first kappa shape index (κ1) is 14.8. The Kier molecular flexibility index (Phi) is 4.77. The topological polar surface area (TPSA) is 74.4 Å². The Balaban J connectivity index is 2.25. The molecule has 0 bridgehead atoms. The van der Waals surface area contributed by atoms with Crippen LogP contribution in [0.5, 0.6) is 5.88 Å². The molecule has 0 fully saturated rings.